The van der Waals surface area contributed by atoms with Crippen LogP contribution in [0.4, 0.5) is 0 Å². The predicted molar refractivity (Wildman–Crippen MR) is 62.1 cm³/mol. The van der Waals surface area contributed by atoms with E-state index < -0.39 is 0 Å². The van der Waals surface area contributed by atoms with E-state index in [9.17, 15) is 9.59 Å². The zero-order valence-electron chi connectivity index (χ0n) is 8.52. The summed E-state index contributed by atoms with van der Waals surface area (Å²) < 4.78 is 0. The van der Waals surface area contributed by atoms with Crippen molar-refractivity contribution in [3.8, 4) is 0 Å². The van der Waals surface area contributed by atoms with Crippen molar-refractivity contribution >= 4 is 23.8 Å². The van der Waals surface area contributed by atoms with E-state index in [2.05, 4.69) is 0 Å². The smallest absolute Gasteiger partial charge is 0.143 e. The molecule has 0 saturated carbocycles. The lowest BCUT2D eigenvalue weighted by Crippen LogP contribution is -2.00. The number of hydrogen-bond donors (Lipinski definition) is 0. The molecule has 1 aromatic rings. The molecule has 1 rings (SSSR count). The largest absolute Gasteiger partial charge is 0.303 e. The third-order valence-corrected chi connectivity index (χ3v) is 2.99. The Bertz CT molecular complexity index is 309. The zero-order valence-corrected chi connectivity index (χ0v) is 9.33. The summed E-state index contributed by atoms with van der Waals surface area (Å²) >= 11 is 1.55. The van der Waals surface area contributed by atoms with Crippen molar-refractivity contribution < 1.29 is 9.59 Å². The first-order chi connectivity index (χ1) is 7.33. The number of aldehydes is 1. The summed E-state index contributed by atoms with van der Waals surface area (Å²) in [5.41, 5.74) is 0. The van der Waals surface area contributed by atoms with Gasteiger partial charge in [0.2, 0.25) is 0 Å². The van der Waals surface area contributed by atoms with Crippen LogP contribution in [-0.2, 0) is 9.59 Å². The molecule has 15 heavy (non-hydrogen) atoms. The van der Waals surface area contributed by atoms with Gasteiger partial charge in [-0.15, -0.1) is 11.8 Å². The highest BCUT2D eigenvalue weighted by molar-refractivity contribution is 8.00. The summed E-state index contributed by atoms with van der Waals surface area (Å²) in [7, 11) is 0. The van der Waals surface area contributed by atoms with Crippen LogP contribution in [0, 0.1) is 0 Å². The molecule has 0 spiro atoms. The minimum absolute atomic E-state index is 0.214. The lowest BCUT2D eigenvalue weighted by molar-refractivity contribution is -0.116. The van der Waals surface area contributed by atoms with Gasteiger partial charge in [0.15, 0.2) is 0 Å². The van der Waals surface area contributed by atoms with Crippen molar-refractivity contribution in [1.82, 2.24) is 0 Å². The molecule has 80 valence electrons. The first-order valence-corrected chi connectivity index (χ1v) is 5.94. The summed E-state index contributed by atoms with van der Waals surface area (Å²) in [6.07, 6.45) is 2.54. The summed E-state index contributed by atoms with van der Waals surface area (Å²) in [5.74, 6) is 0.716. The standard InChI is InChI=1S/C12H14O2S/c13-9-5-4-6-11(14)10-15-12-7-2-1-3-8-12/h1-3,7-9H,4-6,10H2. The maximum atomic E-state index is 11.4. The number of ketones is 1. The number of thioether (sulfide) groups is 1. The molecule has 0 atom stereocenters. The van der Waals surface area contributed by atoms with Gasteiger partial charge < -0.3 is 4.79 Å². The van der Waals surface area contributed by atoms with Crippen molar-refractivity contribution in [2.24, 2.45) is 0 Å². The molecule has 1 aromatic carbocycles. The molecule has 0 aliphatic heterocycles. The molecular formula is C12H14O2S. The number of hydrogen-bond acceptors (Lipinski definition) is 3. The Hall–Kier alpha value is -1.09. The minimum atomic E-state index is 0.214. The van der Waals surface area contributed by atoms with Crippen molar-refractivity contribution in [1.29, 1.82) is 0 Å². The van der Waals surface area contributed by atoms with Gasteiger partial charge in [-0.3, -0.25) is 4.79 Å². The fourth-order valence-corrected chi connectivity index (χ4v) is 1.96. The van der Waals surface area contributed by atoms with E-state index in [4.69, 9.17) is 0 Å². The van der Waals surface area contributed by atoms with Crippen LogP contribution >= 0.6 is 11.8 Å². The van der Waals surface area contributed by atoms with Gasteiger partial charge in [-0.2, -0.15) is 0 Å². The fraction of sp³-hybridized carbons (Fsp3) is 0.333. The molecule has 0 unspecified atom stereocenters. The van der Waals surface area contributed by atoms with Gasteiger partial charge in [0.05, 0.1) is 5.75 Å². The minimum Gasteiger partial charge on any atom is -0.303 e. The van der Waals surface area contributed by atoms with Crippen LogP contribution in [0.2, 0.25) is 0 Å². The Labute approximate surface area is 94.1 Å². The van der Waals surface area contributed by atoms with Gasteiger partial charge in [0.1, 0.15) is 12.1 Å². The van der Waals surface area contributed by atoms with Gasteiger partial charge in [0, 0.05) is 17.7 Å². The van der Waals surface area contributed by atoms with Crippen molar-refractivity contribution in [2.45, 2.75) is 24.2 Å². The number of benzene rings is 1. The molecule has 0 aliphatic carbocycles. The second-order valence-electron chi connectivity index (χ2n) is 3.20. The number of rotatable bonds is 7. The molecule has 0 fully saturated rings. The molecule has 0 aromatic heterocycles. The molecular weight excluding hydrogens is 208 g/mol. The molecule has 0 radical (unpaired) electrons. The van der Waals surface area contributed by atoms with Gasteiger partial charge in [-0.1, -0.05) is 18.2 Å². The van der Waals surface area contributed by atoms with Crippen molar-refractivity contribution in [3.63, 3.8) is 0 Å². The zero-order chi connectivity index (χ0) is 10.9. The summed E-state index contributed by atoms with van der Waals surface area (Å²) in [5, 5.41) is 0. The van der Waals surface area contributed by atoms with Gasteiger partial charge >= 0.3 is 0 Å². The van der Waals surface area contributed by atoms with Crippen LogP contribution in [0.25, 0.3) is 0 Å². The van der Waals surface area contributed by atoms with E-state index in [1.54, 1.807) is 11.8 Å². The molecule has 0 N–H and O–H groups in total. The average Bonchev–Trinajstić information content (AvgIpc) is 2.28. The highest BCUT2D eigenvalue weighted by Gasteiger charge is 2.02. The maximum absolute atomic E-state index is 11.4. The van der Waals surface area contributed by atoms with Gasteiger partial charge in [0.25, 0.3) is 0 Å². The van der Waals surface area contributed by atoms with E-state index in [-0.39, 0.29) is 5.78 Å². The average molecular weight is 222 g/mol. The van der Waals surface area contributed by atoms with Gasteiger partial charge in [-0.25, -0.2) is 0 Å². The Morgan fingerprint density at radius 3 is 2.67 bits per heavy atom. The normalized spacial score (nSPS) is 9.87. The molecule has 0 aliphatic rings. The van der Waals surface area contributed by atoms with E-state index >= 15 is 0 Å². The lowest BCUT2D eigenvalue weighted by atomic mass is 10.2. The second kappa shape index (κ2) is 7.23. The number of carbonyl (C=O) groups excluding carboxylic acids is 2. The van der Waals surface area contributed by atoms with E-state index in [0.717, 1.165) is 11.2 Å². The number of unbranched alkanes of at least 4 members (excludes halogenated alkanes) is 1. The van der Waals surface area contributed by atoms with E-state index in [0.29, 0.717) is 25.0 Å². The molecule has 3 heteroatoms. The topological polar surface area (TPSA) is 34.1 Å². The van der Waals surface area contributed by atoms with Crippen LogP contribution in [-0.4, -0.2) is 17.8 Å². The third kappa shape index (κ3) is 5.37. The molecule has 0 bridgehead atoms. The molecule has 2 nitrogen and oxygen atoms in total. The van der Waals surface area contributed by atoms with Crippen LogP contribution in [0.3, 0.4) is 0 Å². The highest BCUT2D eigenvalue weighted by Crippen LogP contribution is 2.17. The molecule has 0 heterocycles. The maximum Gasteiger partial charge on any atom is 0.143 e. The molecule has 0 amide bonds. The van der Waals surface area contributed by atoms with E-state index in [1.807, 2.05) is 30.3 Å². The summed E-state index contributed by atoms with van der Waals surface area (Å²) in [6.45, 7) is 0. The monoisotopic (exact) mass is 222 g/mol. The second-order valence-corrected chi connectivity index (χ2v) is 4.25. The van der Waals surface area contributed by atoms with Crippen molar-refractivity contribution in [2.75, 3.05) is 5.75 Å². The van der Waals surface area contributed by atoms with E-state index in [1.165, 1.54) is 0 Å². The van der Waals surface area contributed by atoms with Crippen LogP contribution < -0.4 is 0 Å². The predicted octanol–water partition coefficient (Wildman–Crippen LogP) is 2.72. The van der Waals surface area contributed by atoms with Crippen LogP contribution in [0.1, 0.15) is 19.3 Å². The fourth-order valence-electron chi connectivity index (χ4n) is 1.14. The Morgan fingerprint density at radius 1 is 1.27 bits per heavy atom. The number of carbonyl (C=O) groups is 2. The number of Topliss-reactive ketones (excluding diaryl/α,β-unsaturated/α-hetero) is 1. The highest BCUT2D eigenvalue weighted by atomic mass is 32.2. The van der Waals surface area contributed by atoms with Crippen molar-refractivity contribution in [3.05, 3.63) is 30.3 Å². The first-order valence-electron chi connectivity index (χ1n) is 4.96. The quantitative estimate of drug-likeness (QED) is 0.404. The Balaban J connectivity index is 2.20. The summed E-state index contributed by atoms with van der Waals surface area (Å²) in [4.78, 5) is 22.5. The lowest BCUT2D eigenvalue weighted by Gasteiger charge is -1.99. The Morgan fingerprint density at radius 2 is 2.00 bits per heavy atom. The van der Waals surface area contributed by atoms with Gasteiger partial charge in [-0.05, 0) is 18.6 Å². The molecule has 0 saturated heterocycles. The summed E-state index contributed by atoms with van der Waals surface area (Å²) in [6, 6.07) is 9.85. The SMILES string of the molecule is O=CCCCC(=O)CSc1ccccc1. The van der Waals surface area contributed by atoms with Crippen LogP contribution in [0.15, 0.2) is 35.2 Å². The third-order valence-electron chi connectivity index (χ3n) is 1.92. The Kier molecular flexibility index (Phi) is 5.78. The van der Waals surface area contributed by atoms with Crippen LogP contribution in [0.5, 0.6) is 0 Å². The first kappa shape index (κ1) is 12.0.